The fraction of sp³-hybridized carbons (Fsp3) is 0.625. The van der Waals surface area contributed by atoms with E-state index in [9.17, 15) is 0 Å². The Morgan fingerprint density at radius 1 is 0.794 bits per heavy atom. The molecule has 0 aromatic heterocycles. The van der Waals surface area contributed by atoms with Gasteiger partial charge in [-0.2, -0.15) is 0 Å². The van der Waals surface area contributed by atoms with Gasteiger partial charge in [0.25, 0.3) is 0 Å². The van der Waals surface area contributed by atoms with Crippen LogP contribution in [0.3, 0.4) is 0 Å². The molecule has 1 aromatic carbocycles. The minimum Gasteiger partial charge on any atom is -0.385 e. The zero-order chi connectivity index (χ0) is 25.0. The van der Waals surface area contributed by atoms with E-state index >= 15 is 0 Å². The van der Waals surface area contributed by atoms with Gasteiger partial charge in [0.2, 0.25) is 0 Å². The fourth-order valence-electron chi connectivity index (χ4n) is 5.17. The molecule has 0 saturated heterocycles. The van der Waals surface area contributed by atoms with Crippen molar-refractivity contribution in [2.75, 3.05) is 18.4 Å². The first-order valence-corrected chi connectivity index (χ1v) is 14.0. The number of hydrogen-bond donors (Lipinski definition) is 2. The first kappa shape index (κ1) is 28.4. The van der Waals surface area contributed by atoms with Gasteiger partial charge in [0, 0.05) is 17.6 Å². The van der Waals surface area contributed by atoms with Crippen LogP contribution in [-0.2, 0) is 5.54 Å². The third-order valence-corrected chi connectivity index (χ3v) is 7.63. The predicted octanol–water partition coefficient (Wildman–Crippen LogP) is 9.31. The lowest BCUT2D eigenvalue weighted by atomic mass is 9.76. The molecule has 2 nitrogen and oxygen atoms in total. The van der Waals surface area contributed by atoms with Crippen LogP contribution in [0.4, 0.5) is 5.69 Å². The van der Waals surface area contributed by atoms with Crippen molar-refractivity contribution in [3.63, 3.8) is 0 Å². The van der Waals surface area contributed by atoms with Gasteiger partial charge < -0.3 is 10.6 Å². The lowest BCUT2D eigenvalue weighted by Gasteiger charge is -2.38. The Balaban J connectivity index is 2.29. The van der Waals surface area contributed by atoms with Crippen molar-refractivity contribution in [3.8, 4) is 0 Å². The number of nitrogens with one attached hydrogen (secondary N) is 2. The Bertz CT molecular complexity index is 829. The van der Waals surface area contributed by atoms with Gasteiger partial charge in [-0.3, -0.25) is 0 Å². The molecular formula is C32H52N2. The maximum absolute atomic E-state index is 4.64. The lowest BCUT2D eigenvalue weighted by Crippen LogP contribution is -2.45. The Kier molecular flexibility index (Phi) is 11.6. The van der Waals surface area contributed by atoms with E-state index in [1.807, 2.05) is 0 Å². The van der Waals surface area contributed by atoms with Crippen LogP contribution in [0.15, 0.2) is 59.7 Å². The van der Waals surface area contributed by atoms with Crippen molar-refractivity contribution in [3.05, 3.63) is 65.3 Å². The van der Waals surface area contributed by atoms with E-state index in [2.05, 4.69) is 95.2 Å². The Morgan fingerprint density at radius 2 is 1.41 bits per heavy atom. The fourth-order valence-corrected chi connectivity index (χ4v) is 5.17. The van der Waals surface area contributed by atoms with E-state index in [1.165, 1.54) is 86.6 Å². The third-order valence-electron chi connectivity index (χ3n) is 7.63. The third kappa shape index (κ3) is 7.60. The van der Waals surface area contributed by atoms with Crippen molar-refractivity contribution >= 4 is 5.69 Å². The maximum Gasteiger partial charge on any atom is 0.0900 e. The first-order valence-electron chi connectivity index (χ1n) is 14.0. The van der Waals surface area contributed by atoms with E-state index in [-0.39, 0.29) is 11.0 Å². The summed E-state index contributed by atoms with van der Waals surface area (Å²) in [5, 5.41) is 7.69. The van der Waals surface area contributed by atoms with E-state index in [0.717, 1.165) is 18.7 Å². The summed E-state index contributed by atoms with van der Waals surface area (Å²) < 4.78 is 0. The van der Waals surface area contributed by atoms with Gasteiger partial charge in [0.1, 0.15) is 0 Å². The Morgan fingerprint density at radius 3 is 2.12 bits per heavy atom. The molecule has 1 aromatic rings. The highest BCUT2D eigenvalue weighted by Crippen LogP contribution is 2.45. The largest absolute Gasteiger partial charge is 0.385 e. The molecule has 2 N–H and O–H groups in total. The SMILES string of the molecule is C=C1C=C(C)C(C)(C)C=C(C)C1(NCCCCCCCC)c1cccc(NCCCCCC)c1. The molecule has 0 spiro atoms. The number of hydrogen-bond acceptors (Lipinski definition) is 2. The molecule has 0 amide bonds. The second kappa shape index (κ2) is 13.9. The van der Waals surface area contributed by atoms with Crippen LogP contribution >= 0.6 is 0 Å². The van der Waals surface area contributed by atoms with Crippen LogP contribution in [0, 0.1) is 5.41 Å². The quantitative estimate of drug-likeness (QED) is 0.199. The molecule has 34 heavy (non-hydrogen) atoms. The molecular weight excluding hydrogens is 412 g/mol. The monoisotopic (exact) mass is 464 g/mol. The van der Waals surface area contributed by atoms with Gasteiger partial charge in [-0.25, -0.2) is 0 Å². The second-order valence-electron chi connectivity index (χ2n) is 10.9. The number of unbranched alkanes of at least 4 members (excludes halogenated alkanes) is 8. The van der Waals surface area contributed by atoms with E-state index in [0.29, 0.717) is 0 Å². The van der Waals surface area contributed by atoms with Crippen molar-refractivity contribution in [1.29, 1.82) is 0 Å². The standard InChI is InChI=1S/C32H52N2/c1-8-10-12-14-15-17-22-34-32(27(4)23-26(3)31(6,7)25-28(32)5)29-19-18-20-30(24-29)33-21-16-13-11-9-2/h18-20,23-25,33-34H,4,8-17,21-22H2,1-3,5-7H3. The molecule has 0 radical (unpaired) electrons. The summed E-state index contributed by atoms with van der Waals surface area (Å²) in [7, 11) is 0. The number of rotatable bonds is 15. The summed E-state index contributed by atoms with van der Waals surface area (Å²) >= 11 is 0. The second-order valence-corrected chi connectivity index (χ2v) is 10.9. The average molecular weight is 465 g/mol. The van der Waals surface area contributed by atoms with Crippen molar-refractivity contribution in [2.45, 2.75) is 111 Å². The summed E-state index contributed by atoms with van der Waals surface area (Å²) in [6, 6.07) is 9.03. The summed E-state index contributed by atoms with van der Waals surface area (Å²) in [5.41, 5.74) is 6.02. The molecule has 2 rings (SSSR count). The van der Waals surface area contributed by atoms with Crippen molar-refractivity contribution in [1.82, 2.24) is 5.32 Å². The van der Waals surface area contributed by atoms with Gasteiger partial charge in [0.15, 0.2) is 0 Å². The van der Waals surface area contributed by atoms with Gasteiger partial charge >= 0.3 is 0 Å². The summed E-state index contributed by atoms with van der Waals surface area (Å²) in [5.74, 6) is 0. The highest BCUT2D eigenvalue weighted by molar-refractivity contribution is 5.57. The van der Waals surface area contributed by atoms with Gasteiger partial charge in [-0.1, -0.05) is 115 Å². The number of anilines is 1. The van der Waals surface area contributed by atoms with E-state index in [1.54, 1.807) is 0 Å². The normalized spacial score (nSPS) is 20.0. The van der Waals surface area contributed by atoms with Crippen LogP contribution < -0.4 is 10.6 Å². The first-order chi connectivity index (χ1) is 16.3. The zero-order valence-corrected chi connectivity index (χ0v) is 23.2. The minimum atomic E-state index is -0.363. The molecule has 0 heterocycles. The summed E-state index contributed by atoms with van der Waals surface area (Å²) in [6.07, 6.45) is 17.7. The van der Waals surface area contributed by atoms with Crippen LogP contribution in [0.25, 0.3) is 0 Å². The molecule has 190 valence electrons. The molecule has 2 heteroatoms. The van der Waals surface area contributed by atoms with Crippen molar-refractivity contribution < 1.29 is 0 Å². The molecule has 0 saturated carbocycles. The zero-order valence-electron chi connectivity index (χ0n) is 23.2. The predicted molar refractivity (Wildman–Crippen MR) is 153 cm³/mol. The van der Waals surface area contributed by atoms with E-state index in [4.69, 9.17) is 0 Å². The van der Waals surface area contributed by atoms with Crippen LogP contribution in [0.1, 0.15) is 111 Å². The number of benzene rings is 1. The van der Waals surface area contributed by atoms with E-state index < -0.39 is 0 Å². The topological polar surface area (TPSA) is 24.1 Å². The van der Waals surface area contributed by atoms with Gasteiger partial charge in [-0.15, -0.1) is 0 Å². The molecule has 1 aliphatic carbocycles. The molecule has 1 aliphatic rings. The Labute approximate surface area is 211 Å². The highest BCUT2D eigenvalue weighted by atomic mass is 15.0. The average Bonchev–Trinajstić information content (AvgIpc) is 2.86. The van der Waals surface area contributed by atoms with Crippen LogP contribution in [0.5, 0.6) is 0 Å². The summed E-state index contributed by atoms with van der Waals surface area (Å²) in [4.78, 5) is 0. The lowest BCUT2D eigenvalue weighted by molar-refractivity contribution is 0.444. The molecule has 1 unspecified atom stereocenters. The smallest absolute Gasteiger partial charge is 0.0900 e. The molecule has 0 fully saturated rings. The van der Waals surface area contributed by atoms with Crippen molar-refractivity contribution in [2.24, 2.45) is 5.41 Å². The van der Waals surface area contributed by atoms with Crippen LogP contribution in [0.2, 0.25) is 0 Å². The minimum absolute atomic E-state index is 0.0196. The summed E-state index contributed by atoms with van der Waals surface area (Å²) in [6.45, 7) is 20.4. The number of allylic oxidation sites excluding steroid dienone is 2. The molecule has 1 atom stereocenters. The molecule has 0 aliphatic heterocycles. The maximum atomic E-state index is 4.64. The highest BCUT2D eigenvalue weighted by Gasteiger charge is 2.39. The Hall–Kier alpha value is -1.80. The molecule has 0 bridgehead atoms. The van der Waals surface area contributed by atoms with Crippen LogP contribution in [-0.4, -0.2) is 13.1 Å². The van der Waals surface area contributed by atoms with Gasteiger partial charge in [-0.05, 0) is 62.1 Å². The van der Waals surface area contributed by atoms with Gasteiger partial charge in [0.05, 0.1) is 5.54 Å².